The Morgan fingerprint density at radius 2 is 1.58 bits per heavy atom. The van der Waals surface area contributed by atoms with Gasteiger partial charge in [-0.2, -0.15) is 0 Å². The van der Waals surface area contributed by atoms with Crippen molar-refractivity contribution in [3.05, 3.63) is 42.1 Å². The maximum Gasteiger partial charge on any atom is 0.203 e. The highest BCUT2D eigenvalue weighted by Crippen LogP contribution is 2.46. The number of hydrogen-bond donors (Lipinski definition) is 1. The number of aryl methyl sites for hydroxylation is 1. The number of nitrogens with two attached hydrogens (primary N) is 1. The van der Waals surface area contributed by atoms with Crippen LogP contribution in [-0.2, 0) is 0 Å². The Bertz CT molecular complexity index is 907. The van der Waals surface area contributed by atoms with Crippen LogP contribution in [0.25, 0.3) is 21.9 Å². The summed E-state index contributed by atoms with van der Waals surface area (Å²) in [6.45, 7) is 2.03. The van der Waals surface area contributed by atoms with Gasteiger partial charge < -0.3 is 19.9 Å². The lowest BCUT2D eigenvalue weighted by Gasteiger charge is -2.17. The summed E-state index contributed by atoms with van der Waals surface area (Å²) in [5, 5.41) is 1.93. The number of methoxy groups -OCH3 is 3. The fourth-order valence-corrected chi connectivity index (χ4v) is 2.99. The normalized spacial score (nSPS) is 10.7. The first kappa shape index (κ1) is 15.9. The molecule has 0 fully saturated rings. The fourth-order valence-electron chi connectivity index (χ4n) is 2.99. The zero-order valence-corrected chi connectivity index (χ0v) is 14.2. The molecular formula is C19H20N2O3. The zero-order chi connectivity index (χ0) is 17.3. The van der Waals surface area contributed by atoms with E-state index in [1.165, 1.54) is 0 Å². The minimum absolute atomic E-state index is 0.511. The number of ether oxygens (including phenoxy) is 3. The quantitative estimate of drug-likeness (QED) is 0.790. The number of fused-ring (bicyclic) bond motifs is 1. The van der Waals surface area contributed by atoms with Gasteiger partial charge in [-0.05, 0) is 47.7 Å². The molecule has 0 atom stereocenters. The van der Waals surface area contributed by atoms with E-state index in [1.54, 1.807) is 27.5 Å². The Kier molecular flexibility index (Phi) is 4.16. The molecule has 0 amide bonds. The summed E-state index contributed by atoms with van der Waals surface area (Å²) in [6.07, 6.45) is 1.71. The maximum atomic E-state index is 6.06. The van der Waals surface area contributed by atoms with E-state index in [0.717, 1.165) is 27.5 Å². The van der Waals surface area contributed by atoms with Crippen LogP contribution in [-0.4, -0.2) is 26.3 Å². The first-order valence-corrected chi connectivity index (χ1v) is 7.54. The summed E-state index contributed by atoms with van der Waals surface area (Å²) in [5.41, 5.74) is 9.07. The van der Waals surface area contributed by atoms with Crippen LogP contribution in [0.15, 0.2) is 36.5 Å². The van der Waals surface area contributed by atoms with Gasteiger partial charge in [-0.3, -0.25) is 0 Å². The van der Waals surface area contributed by atoms with Crippen LogP contribution < -0.4 is 19.9 Å². The van der Waals surface area contributed by atoms with Crippen LogP contribution in [0.3, 0.4) is 0 Å². The summed E-state index contributed by atoms with van der Waals surface area (Å²) in [6, 6.07) is 9.93. The predicted octanol–water partition coefficient (Wildman–Crippen LogP) is 3.82. The average molecular weight is 324 g/mol. The third-order valence-corrected chi connectivity index (χ3v) is 4.05. The monoisotopic (exact) mass is 324 g/mol. The van der Waals surface area contributed by atoms with E-state index in [4.69, 9.17) is 19.9 Å². The Morgan fingerprint density at radius 3 is 2.25 bits per heavy atom. The molecule has 0 saturated carbocycles. The first-order valence-electron chi connectivity index (χ1n) is 7.54. The number of nitrogen functional groups attached to an aromatic ring is 1. The average Bonchev–Trinajstić information content (AvgIpc) is 2.60. The molecule has 0 saturated heterocycles. The third kappa shape index (κ3) is 2.48. The Morgan fingerprint density at radius 1 is 0.833 bits per heavy atom. The first-order chi connectivity index (χ1) is 11.6. The molecule has 5 nitrogen and oxygen atoms in total. The standard InChI is InChI=1S/C19H20N2O3/c1-11-9-14(12-7-8-21-19(20)15(12)10-11)13-5-6-16(22-2)18(24-4)17(13)23-3/h5-10H,1-4H3,(H2,20,21). The van der Waals surface area contributed by atoms with Gasteiger partial charge in [0, 0.05) is 17.1 Å². The highest BCUT2D eigenvalue weighted by Gasteiger charge is 2.19. The number of rotatable bonds is 4. The van der Waals surface area contributed by atoms with Crippen LogP contribution in [0, 0.1) is 6.92 Å². The van der Waals surface area contributed by atoms with Gasteiger partial charge >= 0.3 is 0 Å². The number of aromatic nitrogens is 1. The molecule has 3 aromatic rings. The zero-order valence-electron chi connectivity index (χ0n) is 14.2. The van der Waals surface area contributed by atoms with E-state index in [2.05, 4.69) is 11.1 Å². The number of hydrogen-bond acceptors (Lipinski definition) is 5. The van der Waals surface area contributed by atoms with Gasteiger partial charge in [-0.15, -0.1) is 0 Å². The molecule has 2 aromatic carbocycles. The molecule has 0 aliphatic heterocycles. The minimum Gasteiger partial charge on any atom is -0.493 e. The van der Waals surface area contributed by atoms with Crippen LogP contribution in [0.5, 0.6) is 17.2 Å². The molecule has 0 aliphatic carbocycles. The van der Waals surface area contributed by atoms with Crippen molar-refractivity contribution in [2.45, 2.75) is 6.92 Å². The van der Waals surface area contributed by atoms with Crippen molar-refractivity contribution in [3.8, 4) is 28.4 Å². The summed E-state index contributed by atoms with van der Waals surface area (Å²) >= 11 is 0. The van der Waals surface area contributed by atoms with E-state index in [-0.39, 0.29) is 0 Å². The highest BCUT2D eigenvalue weighted by atomic mass is 16.5. The summed E-state index contributed by atoms with van der Waals surface area (Å²) in [5.74, 6) is 2.32. The smallest absolute Gasteiger partial charge is 0.203 e. The third-order valence-electron chi connectivity index (χ3n) is 4.05. The summed E-state index contributed by atoms with van der Waals surface area (Å²) in [7, 11) is 4.82. The van der Waals surface area contributed by atoms with E-state index in [9.17, 15) is 0 Å². The molecular weight excluding hydrogens is 304 g/mol. The van der Waals surface area contributed by atoms with Crippen LogP contribution in [0.1, 0.15) is 5.56 Å². The van der Waals surface area contributed by atoms with Gasteiger partial charge in [0.15, 0.2) is 11.5 Å². The molecule has 2 N–H and O–H groups in total. The molecule has 0 bridgehead atoms. The number of pyridine rings is 1. The number of anilines is 1. The second-order valence-corrected chi connectivity index (χ2v) is 5.49. The maximum absolute atomic E-state index is 6.06. The molecule has 0 aliphatic rings. The second-order valence-electron chi connectivity index (χ2n) is 5.49. The van der Waals surface area contributed by atoms with Gasteiger partial charge in [-0.25, -0.2) is 4.98 Å². The largest absolute Gasteiger partial charge is 0.493 e. The molecule has 1 heterocycles. The predicted molar refractivity (Wildman–Crippen MR) is 96.0 cm³/mol. The van der Waals surface area contributed by atoms with Gasteiger partial charge in [0.25, 0.3) is 0 Å². The van der Waals surface area contributed by atoms with Crippen molar-refractivity contribution in [2.24, 2.45) is 0 Å². The Hall–Kier alpha value is -2.95. The van der Waals surface area contributed by atoms with Gasteiger partial charge in [-0.1, -0.05) is 6.07 Å². The van der Waals surface area contributed by atoms with Crippen LogP contribution in [0.4, 0.5) is 5.82 Å². The molecule has 0 spiro atoms. The summed E-state index contributed by atoms with van der Waals surface area (Å²) in [4.78, 5) is 4.19. The van der Waals surface area contributed by atoms with Crippen molar-refractivity contribution in [3.63, 3.8) is 0 Å². The topological polar surface area (TPSA) is 66.6 Å². The van der Waals surface area contributed by atoms with Crippen molar-refractivity contribution < 1.29 is 14.2 Å². The molecule has 3 rings (SSSR count). The lowest BCUT2D eigenvalue weighted by atomic mass is 9.95. The molecule has 124 valence electrons. The van der Waals surface area contributed by atoms with E-state index >= 15 is 0 Å². The number of benzene rings is 2. The van der Waals surface area contributed by atoms with E-state index in [1.807, 2.05) is 31.2 Å². The highest BCUT2D eigenvalue weighted by molar-refractivity contribution is 6.03. The Balaban J connectivity index is 2.38. The molecule has 24 heavy (non-hydrogen) atoms. The van der Waals surface area contributed by atoms with Gasteiger partial charge in [0.1, 0.15) is 5.82 Å². The SMILES string of the molecule is COc1ccc(-c2cc(C)cc3c(N)nccc23)c(OC)c1OC. The van der Waals surface area contributed by atoms with Gasteiger partial charge in [0.05, 0.1) is 21.3 Å². The second kappa shape index (κ2) is 6.28. The summed E-state index contributed by atoms with van der Waals surface area (Å²) < 4.78 is 16.5. The van der Waals surface area contributed by atoms with E-state index in [0.29, 0.717) is 23.1 Å². The molecule has 0 unspecified atom stereocenters. The Labute approximate surface area is 141 Å². The fraction of sp³-hybridized carbons (Fsp3) is 0.211. The molecule has 5 heteroatoms. The van der Waals surface area contributed by atoms with Gasteiger partial charge in [0.2, 0.25) is 5.75 Å². The van der Waals surface area contributed by atoms with Crippen molar-refractivity contribution in [1.29, 1.82) is 0 Å². The van der Waals surface area contributed by atoms with Crippen LogP contribution in [0.2, 0.25) is 0 Å². The van der Waals surface area contributed by atoms with E-state index < -0.39 is 0 Å². The molecule has 1 aromatic heterocycles. The molecule has 0 radical (unpaired) electrons. The van der Waals surface area contributed by atoms with Crippen molar-refractivity contribution in [2.75, 3.05) is 27.1 Å². The lowest BCUT2D eigenvalue weighted by molar-refractivity contribution is 0.325. The van der Waals surface area contributed by atoms with Crippen molar-refractivity contribution >= 4 is 16.6 Å². The number of nitrogens with zero attached hydrogens (tertiary/aromatic N) is 1. The van der Waals surface area contributed by atoms with Crippen LogP contribution >= 0.6 is 0 Å². The van der Waals surface area contributed by atoms with Crippen molar-refractivity contribution in [1.82, 2.24) is 4.98 Å². The minimum atomic E-state index is 0.511. The lowest BCUT2D eigenvalue weighted by Crippen LogP contribution is -1.98.